The number of nitrogens with zero attached hydrogens (tertiary/aromatic N) is 1. The van der Waals surface area contributed by atoms with Crippen LogP contribution < -0.4 is 14.8 Å². The molecule has 0 saturated carbocycles. The summed E-state index contributed by atoms with van der Waals surface area (Å²) in [5.41, 5.74) is 1.94. The van der Waals surface area contributed by atoms with E-state index >= 15 is 0 Å². The van der Waals surface area contributed by atoms with Crippen LogP contribution in [0.1, 0.15) is 18.9 Å². The fourth-order valence-electron chi connectivity index (χ4n) is 1.79. The lowest BCUT2D eigenvalue weighted by molar-refractivity contribution is -0.123. The molecule has 0 aliphatic carbocycles. The fraction of sp³-hybridized carbons (Fsp3) is 0.412. The van der Waals surface area contributed by atoms with Gasteiger partial charge in [0.2, 0.25) is 5.91 Å². The van der Waals surface area contributed by atoms with Gasteiger partial charge in [0.15, 0.2) is 0 Å². The van der Waals surface area contributed by atoms with E-state index in [4.69, 9.17) is 9.47 Å². The molecule has 1 aromatic heterocycles. The molecule has 23 heavy (non-hydrogen) atoms. The largest absolute Gasteiger partial charge is 0.497 e. The number of aromatic nitrogens is 1. The summed E-state index contributed by atoms with van der Waals surface area (Å²) in [6.45, 7) is 5.71. The Morgan fingerprint density at radius 2 is 1.96 bits per heavy atom. The van der Waals surface area contributed by atoms with Gasteiger partial charge >= 0.3 is 0 Å². The standard InChI is InChI=1S/C12H13NO2S.C5H11NO/c1-8-13-11(7-16-8)10-5-4-9(14-2)6-12(10)15-3;1-4(2)5(7)6-3/h4-7H,1-3H3;4H,1-3H3,(H,6,7). The average molecular weight is 336 g/mol. The first-order valence-corrected chi connectivity index (χ1v) is 8.17. The summed E-state index contributed by atoms with van der Waals surface area (Å²) in [5.74, 6) is 1.78. The number of thiazole rings is 1. The lowest BCUT2D eigenvalue weighted by Gasteiger charge is -2.08. The first kappa shape index (κ1) is 19.0. The molecule has 0 spiro atoms. The first-order chi connectivity index (χ1) is 10.9. The van der Waals surface area contributed by atoms with Crippen LogP contribution in [0.25, 0.3) is 11.3 Å². The van der Waals surface area contributed by atoms with E-state index in [2.05, 4.69) is 10.3 Å². The van der Waals surface area contributed by atoms with Crippen molar-refractivity contribution in [1.82, 2.24) is 10.3 Å². The van der Waals surface area contributed by atoms with Crippen LogP contribution in [0, 0.1) is 12.8 Å². The normalized spacial score (nSPS) is 9.87. The number of nitrogens with one attached hydrogen (secondary N) is 1. The van der Waals surface area contributed by atoms with Crippen molar-refractivity contribution in [3.05, 3.63) is 28.6 Å². The zero-order valence-electron chi connectivity index (χ0n) is 14.5. The maximum absolute atomic E-state index is 10.4. The third kappa shape index (κ3) is 5.56. The van der Waals surface area contributed by atoms with Crippen molar-refractivity contribution < 1.29 is 14.3 Å². The molecular weight excluding hydrogens is 312 g/mol. The van der Waals surface area contributed by atoms with E-state index in [-0.39, 0.29) is 11.8 Å². The third-order valence-corrected chi connectivity index (χ3v) is 3.85. The molecule has 5 nitrogen and oxygen atoms in total. The van der Waals surface area contributed by atoms with Gasteiger partial charge in [-0.25, -0.2) is 4.98 Å². The van der Waals surface area contributed by atoms with Gasteiger partial charge in [0, 0.05) is 30.0 Å². The number of amides is 1. The van der Waals surface area contributed by atoms with Crippen molar-refractivity contribution >= 4 is 17.2 Å². The molecule has 1 amide bonds. The molecular formula is C17H24N2O3S. The molecule has 0 bridgehead atoms. The molecule has 6 heteroatoms. The second kappa shape index (κ2) is 9.15. The number of carbonyl (C=O) groups is 1. The van der Waals surface area contributed by atoms with Gasteiger partial charge in [0.25, 0.3) is 0 Å². The molecule has 0 radical (unpaired) electrons. The summed E-state index contributed by atoms with van der Waals surface area (Å²) in [5, 5.41) is 5.60. The summed E-state index contributed by atoms with van der Waals surface area (Å²) in [4.78, 5) is 14.8. The molecule has 0 unspecified atom stereocenters. The number of carbonyl (C=O) groups excluding carboxylic acids is 1. The molecule has 0 aliphatic heterocycles. The van der Waals surface area contributed by atoms with E-state index < -0.39 is 0 Å². The summed E-state index contributed by atoms with van der Waals surface area (Å²) in [7, 11) is 4.93. The van der Waals surface area contributed by atoms with Crippen molar-refractivity contribution in [2.75, 3.05) is 21.3 Å². The monoisotopic (exact) mass is 336 g/mol. The van der Waals surface area contributed by atoms with Gasteiger partial charge in [-0.2, -0.15) is 0 Å². The summed E-state index contributed by atoms with van der Waals surface area (Å²) in [6, 6.07) is 5.74. The van der Waals surface area contributed by atoms with Crippen LogP contribution in [0.15, 0.2) is 23.6 Å². The molecule has 2 aromatic rings. The van der Waals surface area contributed by atoms with E-state index in [1.807, 2.05) is 44.4 Å². The molecule has 1 heterocycles. The smallest absolute Gasteiger partial charge is 0.222 e. The predicted octanol–water partition coefficient (Wildman–Crippen LogP) is 3.52. The van der Waals surface area contributed by atoms with Crippen molar-refractivity contribution in [2.24, 2.45) is 5.92 Å². The molecule has 126 valence electrons. The van der Waals surface area contributed by atoms with Crippen molar-refractivity contribution in [1.29, 1.82) is 0 Å². The van der Waals surface area contributed by atoms with Gasteiger partial charge in [0.1, 0.15) is 11.5 Å². The van der Waals surface area contributed by atoms with Crippen LogP contribution in [-0.4, -0.2) is 32.2 Å². The maximum atomic E-state index is 10.4. The van der Waals surface area contributed by atoms with E-state index in [0.717, 1.165) is 27.8 Å². The van der Waals surface area contributed by atoms with Crippen molar-refractivity contribution in [2.45, 2.75) is 20.8 Å². The van der Waals surface area contributed by atoms with Crippen LogP contribution in [-0.2, 0) is 4.79 Å². The molecule has 0 atom stereocenters. The van der Waals surface area contributed by atoms with E-state index in [1.54, 1.807) is 32.6 Å². The lowest BCUT2D eigenvalue weighted by atomic mass is 10.1. The Morgan fingerprint density at radius 1 is 1.26 bits per heavy atom. The maximum Gasteiger partial charge on any atom is 0.222 e. The van der Waals surface area contributed by atoms with Crippen LogP contribution in [0.3, 0.4) is 0 Å². The molecule has 1 N–H and O–H groups in total. The Kier molecular flexibility index (Phi) is 7.54. The minimum atomic E-state index is 0.0972. The van der Waals surface area contributed by atoms with Crippen LogP contribution in [0.2, 0.25) is 0 Å². The predicted molar refractivity (Wildman–Crippen MR) is 94.3 cm³/mol. The van der Waals surface area contributed by atoms with Crippen molar-refractivity contribution in [3.8, 4) is 22.8 Å². The Hall–Kier alpha value is -2.08. The minimum Gasteiger partial charge on any atom is -0.497 e. The van der Waals surface area contributed by atoms with Crippen LogP contribution >= 0.6 is 11.3 Å². The van der Waals surface area contributed by atoms with Gasteiger partial charge in [-0.1, -0.05) is 13.8 Å². The highest BCUT2D eigenvalue weighted by Gasteiger charge is 2.09. The Labute approximate surface area is 141 Å². The van der Waals surface area contributed by atoms with Gasteiger partial charge in [-0.15, -0.1) is 11.3 Å². The molecule has 2 rings (SSSR count). The highest BCUT2D eigenvalue weighted by molar-refractivity contribution is 7.09. The van der Waals surface area contributed by atoms with Gasteiger partial charge in [0.05, 0.1) is 24.9 Å². The van der Waals surface area contributed by atoms with E-state index in [0.29, 0.717) is 0 Å². The van der Waals surface area contributed by atoms with Gasteiger partial charge in [-0.05, 0) is 19.1 Å². The van der Waals surface area contributed by atoms with Crippen molar-refractivity contribution in [3.63, 3.8) is 0 Å². The van der Waals surface area contributed by atoms with Crippen LogP contribution in [0.5, 0.6) is 11.5 Å². The zero-order chi connectivity index (χ0) is 17.4. The number of benzene rings is 1. The second-order valence-electron chi connectivity index (χ2n) is 5.09. The Bertz CT molecular complexity index is 639. The van der Waals surface area contributed by atoms with Gasteiger partial charge in [-0.3, -0.25) is 4.79 Å². The average Bonchev–Trinajstić information content (AvgIpc) is 3.00. The van der Waals surface area contributed by atoms with Gasteiger partial charge < -0.3 is 14.8 Å². The zero-order valence-corrected chi connectivity index (χ0v) is 15.3. The minimum absolute atomic E-state index is 0.0972. The van der Waals surface area contributed by atoms with Crippen LogP contribution in [0.4, 0.5) is 0 Å². The number of hydrogen-bond donors (Lipinski definition) is 1. The number of methoxy groups -OCH3 is 2. The fourth-order valence-corrected chi connectivity index (χ4v) is 2.40. The molecule has 0 fully saturated rings. The summed E-state index contributed by atoms with van der Waals surface area (Å²) >= 11 is 1.63. The summed E-state index contributed by atoms with van der Waals surface area (Å²) < 4.78 is 10.5. The quantitative estimate of drug-likeness (QED) is 0.928. The number of ether oxygens (including phenoxy) is 2. The lowest BCUT2D eigenvalue weighted by Crippen LogP contribution is -2.22. The highest BCUT2D eigenvalue weighted by atomic mass is 32.1. The first-order valence-electron chi connectivity index (χ1n) is 7.29. The SMILES string of the molecule is CNC(=O)C(C)C.COc1ccc(-c2csc(C)n2)c(OC)c1. The Balaban J connectivity index is 0.000000322. The second-order valence-corrected chi connectivity index (χ2v) is 6.15. The number of hydrogen-bond acceptors (Lipinski definition) is 5. The number of rotatable bonds is 4. The summed E-state index contributed by atoms with van der Waals surface area (Å²) in [6.07, 6.45) is 0. The third-order valence-electron chi connectivity index (χ3n) is 3.07. The topological polar surface area (TPSA) is 60.5 Å². The molecule has 0 aliphatic rings. The molecule has 0 saturated heterocycles. The van der Waals surface area contributed by atoms with E-state index in [1.165, 1.54) is 0 Å². The highest BCUT2D eigenvalue weighted by Crippen LogP contribution is 2.33. The van der Waals surface area contributed by atoms with E-state index in [9.17, 15) is 4.79 Å². The molecule has 1 aromatic carbocycles. The Morgan fingerprint density at radius 3 is 2.35 bits per heavy atom. The number of aryl methyl sites for hydroxylation is 1.